The maximum absolute atomic E-state index is 11.8. The normalized spacial score (nSPS) is 13.1. The van der Waals surface area contributed by atoms with Gasteiger partial charge in [-0.3, -0.25) is 9.97 Å². The van der Waals surface area contributed by atoms with Gasteiger partial charge in [0.2, 0.25) is 0 Å². The zero-order valence-electron chi connectivity index (χ0n) is 10.3. The highest BCUT2D eigenvalue weighted by Crippen LogP contribution is 1.98. The Bertz CT molecular complexity index is 584. The van der Waals surface area contributed by atoms with Gasteiger partial charge >= 0.3 is 5.91 Å². The Kier molecular flexibility index (Phi) is 4.07. The van der Waals surface area contributed by atoms with Crippen molar-refractivity contribution in [3.8, 4) is 0 Å². The number of carbonyl (C=O) groups excluding carboxylic acids is 1. The highest BCUT2D eigenvalue weighted by molar-refractivity contribution is 5.98. The number of aromatic nitrogens is 2. The van der Waals surface area contributed by atoms with Crippen molar-refractivity contribution in [2.45, 2.75) is 6.92 Å². The SMILES string of the molecule is CC(=N[NH+]([O-])C(=O)c1ccncc1)c1ccncc1. The molecule has 0 fully saturated rings. The first-order valence-corrected chi connectivity index (χ1v) is 5.63. The van der Waals surface area contributed by atoms with E-state index >= 15 is 0 Å². The molecule has 1 unspecified atom stereocenters. The number of pyridine rings is 2. The molecular formula is C13H12N4O2. The molecule has 2 rings (SSSR count). The summed E-state index contributed by atoms with van der Waals surface area (Å²) in [6, 6.07) is 6.42. The van der Waals surface area contributed by atoms with Crippen LogP contribution in [0.5, 0.6) is 0 Å². The lowest BCUT2D eigenvalue weighted by Crippen LogP contribution is -3.05. The van der Waals surface area contributed by atoms with Crippen LogP contribution in [-0.4, -0.2) is 21.6 Å². The predicted molar refractivity (Wildman–Crippen MR) is 69.3 cm³/mol. The molecule has 0 saturated carbocycles. The summed E-state index contributed by atoms with van der Waals surface area (Å²) in [5, 5.41) is 14.8. The standard InChI is InChI=1S/C13H12N4O2/c1-10(11-2-6-14-7-3-11)16-17(19)13(18)12-4-8-15-9-5-12/h2-9,17H,1H3. The minimum Gasteiger partial charge on any atom is -0.598 e. The number of nitrogens with zero attached hydrogens (tertiary/aromatic N) is 3. The van der Waals surface area contributed by atoms with Crippen LogP contribution < -0.4 is 5.17 Å². The molecule has 0 saturated heterocycles. The van der Waals surface area contributed by atoms with Crippen LogP contribution in [0, 0.1) is 5.21 Å². The predicted octanol–water partition coefficient (Wildman–Crippen LogP) is 0.424. The molecule has 2 aromatic rings. The van der Waals surface area contributed by atoms with Crippen molar-refractivity contribution < 1.29 is 9.97 Å². The van der Waals surface area contributed by atoms with Gasteiger partial charge in [-0.15, -0.1) is 0 Å². The smallest absolute Gasteiger partial charge is 0.370 e. The summed E-state index contributed by atoms with van der Waals surface area (Å²) in [5.74, 6) is -0.643. The number of hydrogen-bond acceptors (Lipinski definition) is 5. The molecule has 0 aliphatic rings. The highest BCUT2D eigenvalue weighted by Gasteiger charge is 2.14. The van der Waals surface area contributed by atoms with Crippen molar-refractivity contribution in [1.82, 2.24) is 9.97 Å². The molecule has 0 aliphatic heterocycles. The third-order valence-corrected chi connectivity index (χ3v) is 2.50. The van der Waals surface area contributed by atoms with Crippen LogP contribution in [-0.2, 0) is 0 Å². The van der Waals surface area contributed by atoms with Gasteiger partial charge in [0, 0.05) is 30.4 Å². The molecule has 1 atom stereocenters. The number of nitrogens with one attached hydrogen (secondary N) is 1. The molecule has 2 heterocycles. The summed E-state index contributed by atoms with van der Waals surface area (Å²) in [6.07, 6.45) is 6.12. The van der Waals surface area contributed by atoms with Gasteiger partial charge < -0.3 is 5.21 Å². The Morgan fingerprint density at radius 1 is 1.05 bits per heavy atom. The van der Waals surface area contributed by atoms with E-state index in [4.69, 9.17) is 0 Å². The van der Waals surface area contributed by atoms with Crippen molar-refractivity contribution in [3.05, 3.63) is 65.4 Å². The molecule has 6 heteroatoms. The summed E-state index contributed by atoms with van der Waals surface area (Å²) in [6.45, 7) is 1.67. The lowest BCUT2D eigenvalue weighted by molar-refractivity contribution is -0.764. The Labute approximate surface area is 110 Å². The summed E-state index contributed by atoms with van der Waals surface area (Å²) in [5.41, 5.74) is 1.52. The molecule has 6 nitrogen and oxygen atoms in total. The topological polar surface area (TPSA) is 82.7 Å². The quantitative estimate of drug-likeness (QED) is 0.637. The molecule has 0 spiro atoms. The Morgan fingerprint density at radius 3 is 2.05 bits per heavy atom. The molecule has 96 valence electrons. The number of hydrogen-bond donors (Lipinski definition) is 1. The third kappa shape index (κ3) is 3.27. The van der Waals surface area contributed by atoms with Crippen LogP contribution in [0.15, 0.2) is 54.2 Å². The van der Waals surface area contributed by atoms with E-state index in [-0.39, 0.29) is 5.56 Å². The maximum atomic E-state index is 11.8. The first-order chi connectivity index (χ1) is 9.18. The lowest BCUT2D eigenvalue weighted by atomic mass is 10.2. The van der Waals surface area contributed by atoms with E-state index in [0.29, 0.717) is 5.71 Å². The molecule has 19 heavy (non-hydrogen) atoms. The highest BCUT2D eigenvalue weighted by atomic mass is 16.5. The molecule has 0 radical (unpaired) electrons. The second-order valence-electron chi connectivity index (χ2n) is 3.80. The van der Waals surface area contributed by atoms with E-state index in [2.05, 4.69) is 15.1 Å². The van der Waals surface area contributed by atoms with Gasteiger partial charge in [0.1, 0.15) is 5.71 Å². The average molecular weight is 256 g/mol. The molecule has 1 N–H and O–H groups in total. The largest absolute Gasteiger partial charge is 0.598 e. The van der Waals surface area contributed by atoms with E-state index in [1.165, 1.54) is 24.5 Å². The number of amides is 1. The number of carbonyl (C=O) groups is 1. The second-order valence-corrected chi connectivity index (χ2v) is 3.80. The summed E-state index contributed by atoms with van der Waals surface area (Å²) in [4.78, 5) is 19.5. The average Bonchev–Trinajstić information content (AvgIpc) is 2.48. The zero-order chi connectivity index (χ0) is 13.7. The summed E-state index contributed by atoms with van der Waals surface area (Å²) < 4.78 is 0. The van der Waals surface area contributed by atoms with Gasteiger partial charge in [0.25, 0.3) is 0 Å². The van der Waals surface area contributed by atoms with E-state index in [0.717, 1.165) is 5.56 Å². The van der Waals surface area contributed by atoms with Crippen LogP contribution >= 0.6 is 0 Å². The van der Waals surface area contributed by atoms with E-state index < -0.39 is 11.1 Å². The van der Waals surface area contributed by atoms with Crippen LogP contribution in [0.1, 0.15) is 22.8 Å². The van der Waals surface area contributed by atoms with Crippen molar-refractivity contribution in [2.24, 2.45) is 5.10 Å². The summed E-state index contributed by atoms with van der Waals surface area (Å²) >= 11 is 0. The third-order valence-electron chi connectivity index (χ3n) is 2.50. The van der Waals surface area contributed by atoms with E-state index in [1.807, 2.05) is 0 Å². The van der Waals surface area contributed by atoms with Crippen LogP contribution in [0.3, 0.4) is 0 Å². The molecule has 2 aromatic heterocycles. The van der Waals surface area contributed by atoms with Gasteiger partial charge in [-0.05, 0) is 31.2 Å². The Balaban J connectivity index is 2.17. The Morgan fingerprint density at radius 2 is 1.53 bits per heavy atom. The van der Waals surface area contributed by atoms with Gasteiger partial charge in [0.05, 0.1) is 5.56 Å². The molecule has 0 bridgehead atoms. The van der Waals surface area contributed by atoms with Gasteiger partial charge in [0.15, 0.2) is 0 Å². The van der Waals surface area contributed by atoms with Crippen molar-refractivity contribution in [3.63, 3.8) is 0 Å². The number of hydroxylamine groups is 1. The molecule has 0 aliphatic carbocycles. The van der Waals surface area contributed by atoms with Gasteiger partial charge in [-0.2, -0.15) is 5.17 Å². The lowest BCUT2D eigenvalue weighted by Gasteiger charge is -2.13. The minimum atomic E-state index is -0.791. The van der Waals surface area contributed by atoms with Crippen LogP contribution in [0.2, 0.25) is 0 Å². The van der Waals surface area contributed by atoms with Gasteiger partial charge in [-0.1, -0.05) is 5.10 Å². The van der Waals surface area contributed by atoms with E-state index in [9.17, 15) is 10.0 Å². The van der Waals surface area contributed by atoms with Crippen molar-refractivity contribution in [2.75, 3.05) is 0 Å². The second kappa shape index (κ2) is 5.94. The monoisotopic (exact) mass is 256 g/mol. The van der Waals surface area contributed by atoms with Crippen LogP contribution in [0.25, 0.3) is 0 Å². The molecule has 0 aromatic carbocycles. The van der Waals surface area contributed by atoms with E-state index in [1.54, 1.807) is 31.5 Å². The summed E-state index contributed by atoms with van der Waals surface area (Å²) in [7, 11) is 0. The first-order valence-electron chi connectivity index (χ1n) is 5.63. The molecule has 1 amide bonds. The molecular weight excluding hydrogens is 244 g/mol. The first kappa shape index (κ1) is 13.0. The zero-order valence-corrected chi connectivity index (χ0v) is 10.3. The van der Waals surface area contributed by atoms with Crippen molar-refractivity contribution >= 4 is 11.6 Å². The van der Waals surface area contributed by atoms with Crippen molar-refractivity contribution in [1.29, 1.82) is 0 Å². The fourth-order valence-electron chi connectivity index (χ4n) is 1.49. The Hall–Kier alpha value is -2.44. The number of quaternary nitrogens is 1. The fraction of sp³-hybridized carbons (Fsp3) is 0.0769. The van der Waals surface area contributed by atoms with Gasteiger partial charge in [-0.25, -0.2) is 4.79 Å². The number of rotatable bonds is 3. The fourth-order valence-corrected chi connectivity index (χ4v) is 1.49. The minimum absolute atomic E-state index is 0.284. The van der Waals surface area contributed by atoms with Crippen LogP contribution in [0.4, 0.5) is 0 Å². The maximum Gasteiger partial charge on any atom is 0.370 e.